The van der Waals surface area contributed by atoms with Crippen LogP contribution < -0.4 is 0 Å². The zero-order chi connectivity index (χ0) is 11.5. The van der Waals surface area contributed by atoms with E-state index in [-0.39, 0.29) is 5.56 Å². The zero-order valence-electron chi connectivity index (χ0n) is 8.84. The number of benzene rings is 1. The van der Waals surface area contributed by atoms with Gasteiger partial charge in [-0.05, 0) is 18.1 Å². The quantitative estimate of drug-likeness (QED) is 0.834. The third-order valence-electron chi connectivity index (χ3n) is 2.43. The van der Waals surface area contributed by atoms with E-state index in [1.165, 1.54) is 6.20 Å². The van der Waals surface area contributed by atoms with Crippen molar-refractivity contribution < 1.29 is 9.90 Å². The smallest absolute Gasteiger partial charge is 0.337 e. The summed E-state index contributed by atoms with van der Waals surface area (Å²) in [5, 5.41) is 9.11. The Morgan fingerprint density at radius 1 is 1.19 bits per heavy atom. The summed E-state index contributed by atoms with van der Waals surface area (Å²) in [6.07, 6.45) is 3.06. The van der Waals surface area contributed by atoms with Crippen molar-refractivity contribution in [1.82, 2.24) is 4.98 Å². The fourth-order valence-electron chi connectivity index (χ4n) is 1.72. The molecule has 1 aromatic carbocycles. The fraction of sp³-hybridized carbons (Fsp3) is 0.0769. The van der Waals surface area contributed by atoms with Crippen LogP contribution in [0.4, 0.5) is 0 Å². The van der Waals surface area contributed by atoms with Gasteiger partial charge in [0.1, 0.15) is 0 Å². The van der Waals surface area contributed by atoms with Gasteiger partial charge in [-0.15, -0.1) is 0 Å². The van der Waals surface area contributed by atoms with Gasteiger partial charge >= 0.3 is 5.97 Å². The molecule has 1 heterocycles. The molecule has 80 valence electrons. The van der Waals surface area contributed by atoms with Crippen LogP contribution in [0.25, 0.3) is 11.1 Å². The van der Waals surface area contributed by atoms with Gasteiger partial charge in [0.25, 0.3) is 0 Å². The van der Waals surface area contributed by atoms with Crippen molar-refractivity contribution in [3.05, 3.63) is 53.9 Å². The molecule has 0 saturated carbocycles. The molecule has 0 saturated heterocycles. The third kappa shape index (κ3) is 1.80. The minimum atomic E-state index is -0.949. The van der Waals surface area contributed by atoms with E-state index in [4.69, 9.17) is 5.11 Å². The van der Waals surface area contributed by atoms with Gasteiger partial charge in [0.2, 0.25) is 0 Å². The predicted octanol–water partition coefficient (Wildman–Crippen LogP) is 2.76. The summed E-state index contributed by atoms with van der Waals surface area (Å²) in [5.41, 5.74) is 2.75. The normalized spacial score (nSPS) is 10.1. The Morgan fingerprint density at radius 3 is 2.50 bits per heavy atom. The van der Waals surface area contributed by atoms with Crippen molar-refractivity contribution in [1.29, 1.82) is 0 Å². The van der Waals surface area contributed by atoms with Crippen LogP contribution in [0.3, 0.4) is 0 Å². The first-order valence-electron chi connectivity index (χ1n) is 4.93. The van der Waals surface area contributed by atoms with Gasteiger partial charge in [-0.2, -0.15) is 0 Å². The molecule has 0 radical (unpaired) electrons. The summed E-state index contributed by atoms with van der Waals surface area (Å²) < 4.78 is 0. The molecule has 0 bridgehead atoms. The SMILES string of the molecule is Cc1cncc(C(=O)O)c1-c1ccccc1. The Balaban J connectivity index is 2.68. The van der Waals surface area contributed by atoms with E-state index in [0.717, 1.165) is 16.7 Å². The van der Waals surface area contributed by atoms with E-state index >= 15 is 0 Å². The average Bonchev–Trinajstić information content (AvgIpc) is 2.29. The standard InChI is InChI=1S/C13H11NO2/c1-9-7-14-8-11(13(15)16)12(9)10-5-3-2-4-6-10/h2-8H,1H3,(H,15,16). The number of pyridine rings is 1. The van der Waals surface area contributed by atoms with Crippen molar-refractivity contribution >= 4 is 5.97 Å². The number of carboxylic acid groups (broad SMARTS) is 1. The fourth-order valence-corrected chi connectivity index (χ4v) is 1.72. The van der Waals surface area contributed by atoms with E-state index in [2.05, 4.69) is 4.98 Å². The first-order valence-corrected chi connectivity index (χ1v) is 4.93. The van der Waals surface area contributed by atoms with Gasteiger partial charge in [0, 0.05) is 18.0 Å². The molecule has 3 nitrogen and oxygen atoms in total. The van der Waals surface area contributed by atoms with Crippen LogP contribution in [0.1, 0.15) is 15.9 Å². The Hall–Kier alpha value is -2.16. The molecule has 16 heavy (non-hydrogen) atoms. The molecular weight excluding hydrogens is 202 g/mol. The van der Waals surface area contributed by atoms with E-state index in [9.17, 15) is 4.79 Å². The lowest BCUT2D eigenvalue weighted by Crippen LogP contribution is -2.02. The number of aromatic carboxylic acids is 1. The van der Waals surface area contributed by atoms with Gasteiger partial charge in [-0.25, -0.2) is 4.79 Å². The molecule has 0 aliphatic rings. The van der Waals surface area contributed by atoms with Crippen LogP contribution in [0, 0.1) is 6.92 Å². The maximum absolute atomic E-state index is 11.1. The Morgan fingerprint density at radius 2 is 1.88 bits per heavy atom. The van der Waals surface area contributed by atoms with Crippen molar-refractivity contribution in [2.45, 2.75) is 6.92 Å². The lowest BCUT2D eigenvalue weighted by Gasteiger charge is -2.08. The summed E-state index contributed by atoms with van der Waals surface area (Å²) in [5.74, 6) is -0.949. The minimum Gasteiger partial charge on any atom is -0.478 e. The molecule has 0 spiro atoms. The molecule has 0 aliphatic carbocycles. The van der Waals surface area contributed by atoms with E-state index in [1.54, 1.807) is 6.20 Å². The van der Waals surface area contributed by atoms with Gasteiger partial charge in [0.15, 0.2) is 0 Å². The first-order chi connectivity index (χ1) is 7.70. The third-order valence-corrected chi connectivity index (χ3v) is 2.43. The number of nitrogens with zero attached hydrogens (tertiary/aromatic N) is 1. The molecule has 1 N–H and O–H groups in total. The summed E-state index contributed by atoms with van der Waals surface area (Å²) in [6, 6.07) is 9.48. The molecule has 0 amide bonds. The number of hydrogen-bond acceptors (Lipinski definition) is 2. The minimum absolute atomic E-state index is 0.242. The number of carbonyl (C=O) groups is 1. The Bertz CT molecular complexity index is 521. The van der Waals surface area contributed by atoms with Crippen molar-refractivity contribution in [2.24, 2.45) is 0 Å². The zero-order valence-corrected chi connectivity index (χ0v) is 8.84. The molecule has 2 rings (SSSR count). The topological polar surface area (TPSA) is 50.2 Å². The highest BCUT2D eigenvalue weighted by Crippen LogP contribution is 2.26. The molecule has 0 aliphatic heterocycles. The van der Waals surface area contributed by atoms with E-state index in [1.807, 2.05) is 37.3 Å². The summed E-state index contributed by atoms with van der Waals surface area (Å²) >= 11 is 0. The van der Waals surface area contributed by atoms with Crippen LogP contribution in [0.2, 0.25) is 0 Å². The average molecular weight is 213 g/mol. The molecule has 2 aromatic rings. The van der Waals surface area contributed by atoms with Crippen molar-refractivity contribution in [2.75, 3.05) is 0 Å². The largest absolute Gasteiger partial charge is 0.478 e. The maximum Gasteiger partial charge on any atom is 0.337 e. The van der Waals surface area contributed by atoms with E-state index < -0.39 is 5.97 Å². The number of carboxylic acids is 1. The molecule has 0 unspecified atom stereocenters. The van der Waals surface area contributed by atoms with Crippen molar-refractivity contribution in [3.63, 3.8) is 0 Å². The highest BCUT2D eigenvalue weighted by molar-refractivity contribution is 5.96. The predicted molar refractivity (Wildman–Crippen MR) is 61.4 cm³/mol. The molecule has 0 atom stereocenters. The Kier molecular flexibility index (Phi) is 2.68. The van der Waals surface area contributed by atoms with Crippen LogP contribution in [0.5, 0.6) is 0 Å². The number of hydrogen-bond donors (Lipinski definition) is 1. The number of aromatic nitrogens is 1. The summed E-state index contributed by atoms with van der Waals surface area (Å²) in [6.45, 7) is 1.86. The second kappa shape index (κ2) is 4.14. The van der Waals surface area contributed by atoms with Crippen LogP contribution in [-0.4, -0.2) is 16.1 Å². The summed E-state index contributed by atoms with van der Waals surface area (Å²) in [4.78, 5) is 15.0. The lowest BCUT2D eigenvalue weighted by molar-refractivity contribution is 0.0697. The highest BCUT2D eigenvalue weighted by atomic mass is 16.4. The molecule has 0 fully saturated rings. The second-order valence-corrected chi connectivity index (χ2v) is 3.55. The van der Waals surface area contributed by atoms with Crippen LogP contribution in [-0.2, 0) is 0 Å². The van der Waals surface area contributed by atoms with Gasteiger partial charge in [-0.1, -0.05) is 30.3 Å². The second-order valence-electron chi connectivity index (χ2n) is 3.55. The molecule has 1 aromatic heterocycles. The van der Waals surface area contributed by atoms with Gasteiger partial charge < -0.3 is 5.11 Å². The van der Waals surface area contributed by atoms with Crippen LogP contribution in [0.15, 0.2) is 42.7 Å². The number of rotatable bonds is 2. The lowest BCUT2D eigenvalue weighted by atomic mass is 9.98. The highest BCUT2D eigenvalue weighted by Gasteiger charge is 2.13. The number of aryl methyl sites for hydroxylation is 1. The summed E-state index contributed by atoms with van der Waals surface area (Å²) in [7, 11) is 0. The monoisotopic (exact) mass is 213 g/mol. The maximum atomic E-state index is 11.1. The Labute approximate surface area is 93.4 Å². The van der Waals surface area contributed by atoms with E-state index in [0.29, 0.717) is 0 Å². The van der Waals surface area contributed by atoms with Crippen LogP contribution >= 0.6 is 0 Å². The first kappa shape index (κ1) is 10.4. The van der Waals surface area contributed by atoms with Crippen molar-refractivity contribution in [3.8, 4) is 11.1 Å². The molecular formula is C13H11NO2. The van der Waals surface area contributed by atoms with Gasteiger partial charge in [-0.3, -0.25) is 4.98 Å². The van der Waals surface area contributed by atoms with Gasteiger partial charge in [0.05, 0.1) is 5.56 Å². The molecule has 3 heteroatoms.